The Bertz CT molecular complexity index is 514. The molecule has 18 heavy (non-hydrogen) atoms. The Labute approximate surface area is 110 Å². The average molecular weight is 271 g/mol. The number of benzene rings is 1. The van der Waals surface area contributed by atoms with Gasteiger partial charge in [0.2, 0.25) is 0 Å². The minimum Gasteiger partial charge on any atom is -0.440 e. The number of rotatable bonds is 4. The summed E-state index contributed by atoms with van der Waals surface area (Å²) in [6.45, 7) is 4.69. The van der Waals surface area contributed by atoms with Crippen LogP contribution in [0.3, 0.4) is 0 Å². The highest BCUT2D eigenvalue weighted by Crippen LogP contribution is 2.28. The third kappa shape index (κ3) is 2.65. The second kappa shape index (κ2) is 5.24. The summed E-state index contributed by atoms with van der Waals surface area (Å²) in [4.78, 5) is 4.34. The topological polar surface area (TPSA) is 52.0 Å². The molecular weight excluding hydrogens is 255 g/mol. The molecule has 0 fully saturated rings. The quantitative estimate of drug-likeness (QED) is 0.921. The predicted molar refractivity (Wildman–Crippen MR) is 70.2 cm³/mol. The first kappa shape index (κ1) is 13.3. The summed E-state index contributed by atoms with van der Waals surface area (Å²) in [6.07, 6.45) is 0.888. The molecule has 98 valence electrons. The Morgan fingerprint density at radius 1 is 1.44 bits per heavy atom. The fourth-order valence-corrected chi connectivity index (χ4v) is 2.14. The summed E-state index contributed by atoms with van der Waals surface area (Å²) in [7, 11) is 0. The number of halogens is 2. The molecule has 0 aliphatic heterocycles. The van der Waals surface area contributed by atoms with Crippen LogP contribution in [0, 0.1) is 11.7 Å². The number of fused-ring (bicyclic) bond motifs is 1. The third-order valence-electron chi connectivity index (χ3n) is 2.84. The summed E-state index contributed by atoms with van der Waals surface area (Å²) in [6, 6.07) is 2.74. The van der Waals surface area contributed by atoms with Crippen molar-refractivity contribution < 1.29 is 8.81 Å². The molecule has 0 saturated carbocycles. The molecule has 1 atom stereocenters. The van der Waals surface area contributed by atoms with Gasteiger partial charge in [0.25, 0.3) is 0 Å². The molecule has 1 unspecified atom stereocenters. The molecule has 2 aromatic rings. The number of nitrogens with zero attached hydrogens (tertiary/aromatic N) is 1. The molecule has 0 radical (unpaired) electrons. The van der Waals surface area contributed by atoms with Crippen molar-refractivity contribution in [3.05, 3.63) is 28.9 Å². The van der Waals surface area contributed by atoms with Crippen molar-refractivity contribution >= 4 is 22.7 Å². The van der Waals surface area contributed by atoms with Gasteiger partial charge in [0.05, 0.1) is 5.02 Å². The van der Waals surface area contributed by atoms with Crippen molar-refractivity contribution in [3.8, 4) is 0 Å². The lowest BCUT2D eigenvalue weighted by Gasteiger charge is -2.12. The molecule has 0 aliphatic carbocycles. The van der Waals surface area contributed by atoms with Gasteiger partial charge in [-0.05, 0) is 18.4 Å². The molecule has 1 aromatic heterocycles. The van der Waals surface area contributed by atoms with Crippen LogP contribution in [0.25, 0.3) is 11.1 Å². The zero-order valence-electron chi connectivity index (χ0n) is 10.4. The summed E-state index contributed by atoms with van der Waals surface area (Å²) in [5.41, 5.74) is 6.71. The van der Waals surface area contributed by atoms with Crippen molar-refractivity contribution in [3.63, 3.8) is 0 Å². The van der Waals surface area contributed by atoms with E-state index < -0.39 is 5.82 Å². The van der Waals surface area contributed by atoms with Crippen LogP contribution in [0.15, 0.2) is 16.5 Å². The van der Waals surface area contributed by atoms with Crippen molar-refractivity contribution in [1.82, 2.24) is 4.98 Å². The van der Waals surface area contributed by atoms with E-state index in [0.29, 0.717) is 29.5 Å². The van der Waals surface area contributed by atoms with Crippen molar-refractivity contribution in [2.75, 3.05) is 6.54 Å². The first-order chi connectivity index (χ1) is 8.51. The molecule has 2 N–H and O–H groups in total. The van der Waals surface area contributed by atoms with Crippen LogP contribution in [0.1, 0.15) is 32.1 Å². The van der Waals surface area contributed by atoms with Gasteiger partial charge >= 0.3 is 0 Å². The Balaban J connectivity index is 2.39. The molecule has 0 saturated heterocycles. The van der Waals surface area contributed by atoms with Gasteiger partial charge in [0.1, 0.15) is 11.3 Å². The van der Waals surface area contributed by atoms with Gasteiger partial charge in [-0.25, -0.2) is 9.37 Å². The van der Waals surface area contributed by atoms with Crippen LogP contribution in [-0.2, 0) is 0 Å². The van der Waals surface area contributed by atoms with Gasteiger partial charge in [0.15, 0.2) is 11.5 Å². The van der Waals surface area contributed by atoms with E-state index in [2.05, 4.69) is 18.8 Å². The lowest BCUT2D eigenvalue weighted by Crippen LogP contribution is -2.14. The smallest absolute Gasteiger partial charge is 0.199 e. The summed E-state index contributed by atoms with van der Waals surface area (Å²) < 4.78 is 18.9. The second-order valence-electron chi connectivity index (χ2n) is 4.85. The minimum atomic E-state index is -0.500. The second-order valence-corrected chi connectivity index (χ2v) is 5.26. The van der Waals surface area contributed by atoms with Crippen molar-refractivity contribution in [2.45, 2.75) is 26.2 Å². The zero-order chi connectivity index (χ0) is 13.3. The average Bonchev–Trinajstić information content (AvgIpc) is 2.69. The molecule has 1 aromatic carbocycles. The predicted octanol–water partition coefficient (Wildman–Crippen LogP) is 3.71. The lowest BCUT2D eigenvalue weighted by molar-refractivity contribution is 0.414. The van der Waals surface area contributed by atoms with E-state index in [9.17, 15) is 4.39 Å². The highest BCUT2D eigenvalue weighted by molar-refractivity contribution is 6.31. The monoisotopic (exact) mass is 270 g/mol. The lowest BCUT2D eigenvalue weighted by atomic mass is 9.97. The minimum absolute atomic E-state index is 0.0514. The van der Waals surface area contributed by atoms with Crippen LogP contribution in [0.2, 0.25) is 5.02 Å². The standard InChI is InChI=1S/C13H16ClFN2O/c1-7(2)3-8(6-16)13-17-11-4-9(14)10(15)5-12(11)18-13/h4-5,7-8H,3,6,16H2,1-2H3. The Kier molecular flexibility index (Phi) is 3.88. The van der Waals surface area contributed by atoms with Gasteiger partial charge in [-0.15, -0.1) is 0 Å². The SMILES string of the molecule is CC(C)CC(CN)c1nc2cc(Cl)c(F)cc2o1. The van der Waals surface area contributed by atoms with E-state index in [-0.39, 0.29) is 10.9 Å². The highest BCUT2D eigenvalue weighted by Gasteiger charge is 2.19. The van der Waals surface area contributed by atoms with Crippen LogP contribution in [-0.4, -0.2) is 11.5 Å². The molecular formula is C13H16ClFN2O. The fraction of sp³-hybridized carbons (Fsp3) is 0.462. The first-order valence-electron chi connectivity index (χ1n) is 5.96. The van der Waals surface area contributed by atoms with Gasteiger partial charge in [-0.1, -0.05) is 25.4 Å². The largest absolute Gasteiger partial charge is 0.440 e. The zero-order valence-corrected chi connectivity index (χ0v) is 11.2. The molecule has 2 rings (SSSR count). The van der Waals surface area contributed by atoms with Crippen LogP contribution < -0.4 is 5.73 Å². The van der Waals surface area contributed by atoms with Gasteiger partial charge in [0, 0.05) is 18.5 Å². The van der Waals surface area contributed by atoms with Crippen LogP contribution in [0.4, 0.5) is 4.39 Å². The van der Waals surface area contributed by atoms with Gasteiger partial charge in [-0.3, -0.25) is 0 Å². The molecule has 1 heterocycles. The van der Waals surface area contributed by atoms with E-state index in [0.717, 1.165) is 6.42 Å². The number of nitrogens with two attached hydrogens (primary N) is 1. The summed E-state index contributed by atoms with van der Waals surface area (Å²) >= 11 is 5.71. The van der Waals surface area contributed by atoms with E-state index >= 15 is 0 Å². The number of hydrogen-bond donors (Lipinski definition) is 1. The maximum Gasteiger partial charge on any atom is 0.199 e. The molecule has 0 aliphatic rings. The van der Waals surface area contributed by atoms with Crippen LogP contribution >= 0.6 is 11.6 Å². The van der Waals surface area contributed by atoms with Crippen molar-refractivity contribution in [1.29, 1.82) is 0 Å². The number of oxazole rings is 1. The summed E-state index contributed by atoms with van der Waals surface area (Å²) in [5.74, 6) is 0.607. The maximum absolute atomic E-state index is 13.3. The van der Waals surface area contributed by atoms with E-state index in [1.165, 1.54) is 12.1 Å². The van der Waals surface area contributed by atoms with Gasteiger partial charge in [-0.2, -0.15) is 0 Å². The summed E-state index contributed by atoms with van der Waals surface area (Å²) in [5, 5.41) is 0.0514. The molecule has 0 bridgehead atoms. The normalized spacial score (nSPS) is 13.4. The third-order valence-corrected chi connectivity index (χ3v) is 3.13. The molecule has 0 amide bonds. The van der Waals surface area contributed by atoms with E-state index in [4.69, 9.17) is 21.8 Å². The fourth-order valence-electron chi connectivity index (χ4n) is 1.98. The van der Waals surface area contributed by atoms with E-state index in [1.807, 2.05) is 0 Å². The first-order valence-corrected chi connectivity index (χ1v) is 6.34. The van der Waals surface area contributed by atoms with Crippen molar-refractivity contribution in [2.24, 2.45) is 11.7 Å². The maximum atomic E-state index is 13.3. The number of hydrogen-bond acceptors (Lipinski definition) is 3. The Morgan fingerprint density at radius 2 is 2.17 bits per heavy atom. The Morgan fingerprint density at radius 3 is 2.78 bits per heavy atom. The highest BCUT2D eigenvalue weighted by atomic mass is 35.5. The molecule has 0 spiro atoms. The molecule has 5 heteroatoms. The Hall–Kier alpha value is -1.13. The molecule has 3 nitrogen and oxygen atoms in total. The van der Waals surface area contributed by atoms with E-state index in [1.54, 1.807) is 0 Å². The van der Waals surface area contributed by atoms with Crippen LogP contribution in [0.5, 0.6) is 0 Å². The van der Waals surface area contributed by atoms with Gasteiger partial charge < -0.3 is 10.2 Å². The number of aromatic nitrogens is 1.